The summed E-state index contributed by atoms with van der Waals surface area (Å²) in [7, 11) is -3.59. The van der Waals surface area contributed by atoms with Crippen LogP contribution in [0.15, 0.2) is 65.6 Å². The lowest BCUT2D eigenvalue weighted by molar-refractivity contribution is 0.533. The second-order valence-electron chi connectivity index (χ2n) is 5.01. The van der Waals surface area contributed by atoms with Crippen LogP contribution in [0, 0.1) is 0 Å². The summed E-state index contributed by atoms with van der Waals surface area (Å²) in [4.78, 5) is 0.215. The zero-order chi connectivity index (χ0) is 15.3. The molecular weight excluding hydrogens is 284 g/mol. The van der Waals surface area contributed by atoms with E-state index in [-0.39, 0.29) is 4.90 Å². The Morgan fingerprint density at radius 3 is 1.95 bits per heavy atom. The van der Waals surface area contributed by atoms with Crippen LogP contribution in [-0.4, -0.2) is 19.8 Å². The monoisotopic (exact) mass is 304 g/mol. The maximum absolute atomic E-state index is 12.4. The van der Waals surface area contributed by atoms with Gasteiger partial charge in [0.1, 0.15) is 5.37 Å². The molecule has 5 heteroatoms. The molecule has 0 aliphatic heterocycles. The summed E-state index contributed by atoms with van der Waals surface area (Å²) in [5.41, 5.74) is 13.0. The van der Waals surface area contributed by atoms with Gasteiger partial charge in [-0.15, -0.1) is 0 Å². The number of sulfone groups is 1. The van der Waals surface area contributed by atoms with Crippen molar-refractivity contribution in [2.24, 2.45) is 11.5 Å². The summed E-state index contributed by atoms with van der Waals surface area (Å²) in [6.45, 7) is 0. The van der Waals surface area contributed by atoms with E-state index in [0.29, 0.717) is 12.8 Å². The number of nitrogens with two attached hydrogens (primary N) is 2. The van der Waals surface area contributed by atoms with Crippen molar-refractivity contribution in [2.75, 3.05) is 0 Å². The van der Waals surface area contributed by atoms with Gasteiger partial charge in [-0.1, -0.05) is 48.5 Å². The van der Waals surface area contributed by atoms with Gasteiger partial charge in [0.05, 0.1) is 4.90 Å². The molecule has 2 rings (SSSR count). The predicted octanol–water partition coefficient (Wildman–Crippen LogP) is 1.71. The molecule has 0 radical (unpaired) electrons. The maximum Gasteiger partial charge on any atom is 0.195 e. The zero-order valence-corrected chi connectivity index (χ0v) is 12.5. The first kappa shape index (κ1) is 15.7. The van der Waals surface area contributed by atoms with Gasteiger partial charge in [-0.25, -0.2) is 8.42 Å². The second-order valence-corrected chi connectivity index (χ2v) is 7.12. The topological polar surface area (TPSA) is 86.2 Å². The van der Waals surface area contributed by atoms with Gasteiger partial charge in [0.25, 0.3) is 0 Å². The number of rotatable bonds is 6. The highest BCUT2D eigenvalue weighted by molar-refractivity contribution is 7.92. The predicted molar refractivity (Wildman–Crippen MR) is 84.3 cm³/mol. The Morgan fingerprint density at radius 1 is 0.857 bits per heavy atom. The van der Waals surface area contributed by atoms with Crippen LogP contribution in [0.1, 0.15) is 12.0 Å². The average Bonchev–Trinajstić information content (AvgIpc) is 2.53. The van der Waals surface area contributed by atoms with Crippen molar-refractivity contribution in [3.63, 3.8) is 0 Å². The normalized spacial score (nSPS) is 14.6. The van der Waals surface area contributed by atoms with Crippen LogP contribution in [0.5, 0.6) is 0 Å². The van der Waals surface area contributed by atoms with E-state index in [1.165, 1.54) is 0 Å². The lowest BCUT2D eigenvalue weighted by Crippen LogP contribution is -2.47. The van der Waals surface area contributed by atoms with Crippen molar-refractivity contribution in [1.29, 1.82) is 0 Å². The van der Waals surface area contributed by atoms with Crippen LogP contribution in [0.2, 0.25) is 0 Å². The lowest BCUT2D eigenvalue weighted by Gasteiger charge is -2.20. The van der Waals surface area contributed by atoms with Crippen LogP contribution >= 0.6 is 0 Å². The Kier molecular flexibility index (Phi) is 5.12. The van der Waals surface area contributed by atoms with Gasteiger partial charge < -0.3 is 11.5 Å². The molecule has 0 aliphatic rings. The Bertz CT molecular complexity index is 657. The van der Waals surface area contributed by atoms with E-state index in [1.807, 2.05) is 30.3 Å². The highest BCUT2D eigenvalue weighted by Gasteiger charge is 2.28. The fraction of sp³-hybridized carbons (Fsp3) is 0.250. The van der Waals surface area contributed by atoms with Gasteiger partial charge in [0.2, 0.25) is 0 Å². The summed E-state index contributed by atoms with van der Waals surface area (Å²) < 4.78 is 24.8. The van der Waals surface area contributed by atoms with Crippen molar-refractivity contribution < 1.29 is 8.42 Å². The van der Waals surface area contributed by atoms with E-state index in [1.54, 1.807) is 30.3 Å². The fourth-order valence-electron chi connectivity index (χ4n) is 2.14. The van der Waals surface area contributed by atoms with Gasteiger partial charge in [-0.2, -0.15) is 0 Å². The van der Waals surface area contributed by atoms with E-state index in [2.05, 4.69) is 0 Å². The molecule has 4 nitrogen and oxygen atoms in total. The molecule has 0 fully saturated rings. The van der Waals surface area contributed by atoms with E-state index in [4.69, 9.17) is 11.5 Å². The molecular formula is C16H20N2O2S. The number of benzene rings is 2. The van der Waals surface area contributed by atoms with Gasteiger partial charge >= 0.3 is 0 Å². The third kappa shape index (κ3) is 3.91. The van der Waals surface area contributed by atoms with Gasteiger partial charge in [0, 0.05) is 6.04 Å². The van der Waals surface area contributed by atoms with Gasteiger partial charge in [-0.05, 0) is 30.5 Å². The molecule has 2 unspecified atom stereocenters. The number of aryl methyl sites for hydroxylation is 1. The molecule has 21 heavy (non-hydrogen) atoms. The molecule has 0 aromatic heterocycles. The summed E-state index contributed by atoms with van der Waals surface area (Å²) in [6.07, 6.45) is 1.23. The zero-order valence-electron chi connectivity index (χ0n) is 11.7. The van der Waals surface area contributed by atoms with E-state index < -0.39 is 21.3 Å². The Labute approximate surface area is 125 Å². The molecule has 0 bridgehead atoms. The SMILES string of the molecule is NC(CCc1ccccc1)C(N)S(=O)(=O)c1ccccc1. The number of hydrogen-bond donors (Lipinski definition) is 2. The average molecular weight is 304 g/mol. The van der Waals surface area contributed by atoms with Gasteiger partial charge in [-0.3, -0.25) is 0 Å². The quantitative estimate of drug-likeness (QED) is 0.850. The van der Waals surface area contributed by atoms with E-state index >= 15 is 0 Å². The molecule has 2 aromatic rings. The smallest absolute Gasteiger partial charge is 0.195 e. The standard InChI is InChI=1S/C16H20N2O2S/c17-15(12-11-13-7-3-1-4-8-13)16(18)21(19,20)14-9-5-2-6-10-14/h1-10,15-16H,11-12,17-18H2. The summed E-state index contributed by atoms with van der Waals surface area (Å²) in [5, 5.41) is -1.09. The largest absolute Gasteiger partial charge is 0.325 e. The number of hydrogen-bond acceptors (Lipinski definition) is 4. The van der Waals surface area contributed by atoms with Crippen molar-refractivity contribution in [3.8, 4) is 0 Å². The van der Waals surface area contributed by atoms with Crippen LogP contribution in [0.3, 0.4) is 0 Å². The maximum atomic E-state index is 12.4. The third-order valence-corrected chi connectivity index (χ3v) is 5.46. The lowest BCUT2D eigenvalue weighted by atomic mass is 10.1. The summed E-state index contributed by atoms with van der Waals surface area (Å²) in [6, 6.07) is 17.4. The van der Waals surface area contributed by atoms with Crippen LogP contribution in [0.4, 0.5) is 0 Å². The first-order valence-corrected chi connectivity index (χ1v) is 8.40. The summed E-state index contributed by atoms with van der Waals surface area (Å²) in [5.74, 6) is 0. The molecule has 0 heterocycles. The minimum atomic E-state index is -3.59. The minimum Gasteiger partial charge on any atom is -0.325 e. The van der Waals surface area contributed by atoms with E-state index in [0.717, 1.165) is 5.56 Å². The third-order valence-electron chi connectivity index (χ3n) is 3.46. The van der Waals surface area contributed by atoms with Crippen LogP contribution in [0.25, 0.3) is 0 Å². The van der Waals surface area contributed by atoms with Crippen molar-refractivity contribution in [1.82, 2.24) is 0 Å². The molecule has 0 spiro atoms. The van der Waals surface area contributed by atoms with Crippen LogP contribution < -0.4 is 11.5 Å². The highest BCUT2D eigenvalue weighted by atomic mass is 32.2. The summed E-state index contributed by atoms with van der Waals surface area (Å²) >= 11 is 0. The van der Waals surface area contributed by atoms with Crippen molar-refractivity contribution >= 4 is 9.84 Å². The minimum absolute atomic E-state index is 0.215. The molecule has 0 aliphatic carbocycles. The molecule has 4 N–H and O–H groups in total. The van der Waals surface area contributed by atoms with Gasteiger partial charge in [0.15, 0.2) is 9.84 Å². The van der Waals surface area contributed by atoms with Crippen molar-refractivity contribution in [3.05, 3.63) is 66.2 Å². The van der Waals surface area contributed by atoms with Crippen LogP contribution in [-0.2, 0) is 16.3 Å². The van der Waals surface area contributed by atoms with E-state index in [9.17, 15) is 8.42 Å². The fourth-order valence-corrected chi connectivity index (χ4v) is 3.59. The first-order chi connectivity index (χ1) is 10.0. The molecule has 112 valence electrons. The second kappa shape index (κ2) is 6.85. The molecule has 0 saturated carbocycles. The molecule has 0 saturated heterocycles. The Hall–Kier alpha value is -1.69. The Morgan fingerprint density at radius 2 is 1.38 bits per heavy atom. The highest BCUT2D eigenvalue weighted by Crippen LogP contribution is 2.16. The molecule has 2 atom stereocenters. The van der Waals surface area contributed by atoms with Crippen molar-refractivity contribution in [2.45, 2.75) is 29.2 Å². The first-order valence-electron chi connectivity index (χ1n) is 6.86. The Balaban J connectivity index is 2.04. The molecule has 0 amide bonds. The molecule has 2 aromatic carbocycles.